The van der Waals surface area contributed by atoms with Crippen molar-refractivity contribution in [1.82, 2.24) is 0 Å². The van der Waals surface area contributed by atoms with Crippen molar-refractivity contribution in [3.8, 4) is 11.5 Å². The van der Waals surface area contributed by atoms with Gasteiger partial charge in [-0.15, -0.1) is 0 Å². The molecule has 3 rings (SSSR count). The number of nitrogens with one attached hydrogen (secondary N) is 1. The Balaban J connectivity index is 1.50. The van der Waals surface area contributed by atoms with Crippen molar-refractivity contribution >= 4 is 11.6 Å². The maximum atomic E-state index is 12.4. The zero-order valence-electron chi connectivity index (χ0n) is 14.1. The lowest BCUT2D eigenvalue weighted by Crippen LogP contribution is -2.28. The van der Waals surface area contributed by atoms with E-state index in [4.69, 9.17) is 14.2 Å². The van der Waals surface area contributed by atoms with Gasteiger partial charge >= 0.3 is 0 Å². The van der Waals surface area contributed by atoms with E-state index < -0.39 is 0 Å². The molecular weight excluding hydrogens is 318 g/mol. The third-order valence-corrected chi connectivity index (χ3v) is 4.09. The SMILES string of the molecule is O=C(Nc1ccccc1OCCOc1ccccc1)C1CCOCC1. The monoisotopic (exact) mass is 341 g/mol. The Labute approximate surface area is 147 Å². The summed E-state index contributed by atoms with van der Waals surface area (Å²) < 4.78 is 16.7. The molecule has 0 unspecified atom stereocenters. The highest BCUT2D eigenvalue weighted by atomic mass is 16.5. The summed E-state index contributed by atoms with van der Waals surface area (Å²) in [6, 6.07) is 17.1. The van der Waals surface area contributed by atoms with Crippen LogP contribution < -0.4 is 14.8 Å². The van der Waals surface area contributed by atoms with E-state index in [9.17, 15) is 4.79 Å². The molecule has 2 aromatic carbocycles. The topological polar surface area (TPSA) is 56.8 Å². The predicted molar refractivity (Wildman–Crippen MR) is 96.0 cm³/mol. The third kappa shape index (κ3) is 5.22. The van der Waals surface area contributed by atoms with Crippen LogP contribution in [0, 0.1) is 5.92 Å². The summed E-state index contributed by atoms with van der Waals surface area (Å²) in [5.41, 5.74) is 0.693. The molecule has 5 nitrogen and oxygen atoms in total. The first-order valence-electron chi connectivity index (χ1n) is 8.61. The first kappa shape index (κ1) is 17.3. The molecule has 0 atom stereocenters. The quantitative estimate of drug-likeness (QED) is 0.783. The molecule has 0 spiro atoms. The molecule has 1 aliphatic rings. The maximum absolute atomic E-state index is 12.4. The number of carbonyl (C=O) groups is 1. The summed E-state index contributed by atoms with van der Waals surface area (Å²) in [6.07, 6.45) is 1.53. The smallest absolute Gasteiger partial charge is 0.227 e. The number of amides is 1. The van der Waals surface area contributed by atoms with Crippen LogP contribution in [0.25, 0.3) is 0 Å². The second kappa shape index (κ2) is 9.08. The maximum Gasteiger partial charge on any atom is 0.227 e. The van der Waals surface area contributed by atoms with Gasteiger partial charge in [-0.1, -0.05) is 30.3 Å². The number of rotatable bonds is 7. The van der Waals surface area contributed by atoms with Crippen LogP contribution in [0.5, 0.6) is 11.5 Å². The van der Waals surface area contributed by atoms with E-state index in [-0.39, 0.29) is 11.8 Å². The van der Waals surface area contributed by atoms with Gasteiger partial charge in [0.25, 0.3) is 0 Å². The van der Waals surface area contributed by atoms with Gasteiger partial charge in [-0.05, 0) is 37.1 Å². The van der Waals surface area contributed by atoms with Gasteiger partial charge in [0.05, 0.1) is 5.69 Å². The summed E-state index contributed by atoms with van der Waals surface area (Å²) in [5.74, 6) is 1.50. The molecule has 0 radical (unpaired) electrons. The Kier molecular flexibility index (Phi) is 6.29. The number of benzene rings is 2. The van der Waals surface area contributed by atoms with Crippen LogP contribution in [0.1, 0.15) is 12.8 Å². The van der Waals surface area contributed by atoms with Crippen LogP contribution in [-0.2, 0) is 9.53 Å². The Bertz CT molecular complexity index is 668. The molecule has 5 heteroatoms. The lowest BCUT2D eigenvalue weighted by Gasteiger charge is -2.22. The number of ether oxygens (including phenoxy) is 3. The molecule has 1 amide bonds. The van der Waals surface area contributed by atoms with Crippen molar-refractivity contribution in [1.29, 1.82) is 0 Å². The second-order valence-electron chi connectivity index (χ2n) is 5.88. The molecule has 0 saturated carbocycles. The largest absolute Gasteiger partial charge is 0.490 e. The first-order chi connectivity index (χ1) is 12.3. The van der Waals surface area contributed by atoms with Gasteiger partial charge in [-0.25, -0.2) is 0 Å². The summed E-state index contributed by atoms with van der Waals surface area (Å²) in [4.78, 5) is 12.4. The number of hydrogen-bond donors (Lipinski definition) is 1. The van der Waals surface area contributed by atoms with Gasteiger partial charge < -0.3 is 19.5 Å². The van der Waals surface area contributed by atoms with E-state index in [1.165, 1.54) is 0 Å². The number of anilines is 1. The Morgan fingerprint density at radius 3 is 2.44 bits per heavy atom. The molecule has 1 N–H and O–H groups in total. The van der Waals surface area contributed by atoms with Crippen LogP contribution in [-0.4, -0.2) is 32.3 Å². The predicted octanol–water partition coefficient (Wildman–Crippen LogP) is 3.51. The van der Waals surface area contributed by atoms with Crippen molar-refractivity contribution in [2.75, 3.05) is 31.7 Å². The van der Waals surface area contributed by atoms with Gasteiger partial charge in [-0.3, -0.25) is 4.79 Å². The molecule has 2 aromatic rings. The van der Waals surface area contributed by atoms with Gasteiger partial charge in [0.15, 0.2) is 0 Å². The lowest BCUT2D eigenvalue weighted by molar-refractivity contribution is -0.122. The van der Waals surface area contributed by atoms with Gasteiger partial charge in [-0.2, -0.15) is 0 Å². The summed E-state index contributed by atoms with van der Waals surface area (Å²) in [5, 5.41) is 2.98. The van der Waals surface area contributed by atoms with Crippen LogP contribution in [0.4, 0.5) is 5.69 Å². The Hall–Kier alpha value is -2.53. The summed E-state index contributed by atoms with van der Waals surface area (Å²) in [7, 11) is 0. The van der Waals surface area contributed by atoms with E-state index in [1.54, 1.807) is 0 Å². The first-order valence-corrected chi connectivity index (χ1v) is 8.61. The highest BCUT2D eigenvalue weighted by Gasteiger charge is 2.22. The minimum Gasteiger partial charge on any atom is -0.490 e. The highest BCUT2D eigenvalue weighted by Crippen LogP contribution is 2.26. The van der Waals surface area contributed by atoms with E-state index in [2.05, 4.69) is 5.32 Å². The summed E-state index contributed by atoms with van der Waals surface area (Å²) in [6.45, 7) is 2.13. The molecule has 0 aliphatic carbocycles. The van der Waals surface area contributed by atoms with Crippen LogP contribution in [0.3, 0.4) is 0 Å². The van der Waals surface area contributed by atoms with E-state index in [1.807, 2.05) is 54.6 Å². The average Bonchev–Trinajstić information content (AvgIpc) is 2.68. The fourth-order valence-electron chi connectivity index (χ4n) is 2.72. The number of carbonyl (C=O) groups excluding carboxylic acids is 1. The zero-order chi connectivity index (χ0) is 17.3. The minimum atomic E-state index is 0.00298. The van der Waals surface area contributed by atoms with Crippen LogP contribution >= 0.6 is 0 Å². The fraction of sp³-hybridized carbons (Fsp3) is 0.350. The molecule has 1 fully saturated rings. The van der Waals surface area contributed by atoms with Crippen molar-refractivity contribution in [2.24, 2.45) is 5.92 Å². The van der Waals surface area contributed by atoms with Crippen molar-refractivity contribution in [2.45, 2.75) is 12.8 Å². The molecular formula is C20H23NO4. The Morgan fingerprint density at radius 1 is 0.960 bits per heavy atom. The number of para-hydroxylation sites is 3. The summed E-state index contributed by atoms with van der Waals surface area (Å²) >= 11 is 0. The highest BCUT2D eigenvalue weighted by molar-refractivity contribution is 5.94. The standard InChI is InChI=1S/C20H23NO4/c22-20(16-10-12-23-13-11-16)21-18-8-4-5-9-19(18)25-15-14-24-17-6-2-1-3-7-17/h1-9,16H,10-15H2,(H,21,22). The van der Waals surface area contributed by atoms with Gasteiger partial charge in [0.2, 0.25) is 5.91 Å². The Morgan fingerprint density at radius 2 is 1.64 bits per heavy atom. The number of hydrogen-bond acceptors (Lipinski definition) is 4. The molecule has 132 valence electrons. The molecule has 1 heterocycles. The zero-order valence-corrected chi connectivity index (χ0v) is 14.1. The van der Waals surface area contributed by atoms with Gasteiger partial charge in [0.1, 0.15) is 24.7 Å². The molecule has 1 aliphatic heterocycles. The molecule has 1 saturated heterocycles. The molecule has 0 bridgehead atoms. The van der Waals surface area contributed by atoms with E-state index in [0.29, 0.717) is 37.9 Å². The van der Waals surface area contributed by atoms with Crippen LogP contribution in [0.2, 0.25) is 0 Å². The van der Waals surface area contributed by atoms with E-state index >= 15 is 0 Å². The van der Waals surface area contributed by atoms with E-state index in [0.717, 1.165) is 18.6 Å². The average molecular weight is 341 g/mol. The normalized spacial score (nSPS) is 14.7. The third-order valence-electron chi connectivity index (χ3n) is 4.09. The fourth-order valence-corrected chi connectivity index (χ4v) is 2.72. The van der Waals surface area contributed by atoms with Crippen LogP contribution in [0.15, 0.2) is 54.6 Å². The molecule has 25 heavy (non-hydrogen) atoms. The van der Waals surface area contributed by atoms with Crippen molar-refractivity contribution < 1.29 is 19.0 Å². The minimum absolute atomic E-state index is 0.00298. The van der Waals surface area contributed by atoms with Gasteiger partial charge in [0, 0.05) is 19.1 Å². The molecule has 0 aromatic heterocycles. The van der Waals surface area contributed by atoms with Crippen molar-refractivity contribution in [3.63, 3.8) is 0 Å². The lowest BCUT2D eigenvalue weighted by atomic mass is 9.99. The second-order valence-corrected chi connectivity index (χ2v) is 5.88. The van der Waals surface area contributed by atoms with Crippen molar-refractivity contribution in [3.05, 3.63) is 54.6 Å².